The minimum atomic E-state index is -0.851. The van der Waals surface area contributed by atoms with E-state index in [-0.39, 0.29) is 17.7 Å². The van der Waals surface area contributed by atoms with Gasteiger partial charge in [-0.15, -0.1) is 6.58 Å². The molecular formula is C24H28NO6+. The van der Waals surface area contributed by atoms with Gasteiger partial charge < -0.3 is 14.2 Å². The van der Waals surface area contributed by atoms with Gasteiger partial charge in [0.15, 0.2) is 11.5 Å². The Morgan fingerprint density at radius 1 is 1.35 bits per heavy atom. The Morgan fingerprint density at radius 3 is 2.68 bits per heavy atom. The number of ketones is 1. The number of rotatable bonds is 8. The first-order chi connectivity index (χ1) is 14.8. The smallest absolute Gasteiger partial charge is 0.339 e. The second kappa shape index (κ2) is 7.75. The first kappa shape index (κ1) is 21.5. The van der Waals surface area contributed by atoms with Crippen molar-refractivity contribution in [3.05, 3.63) is 59.9 Å². The molecule has 1 aromatic carbocycles. The molecule has 1 saturated carbocycles. The van der Waals surface area contributed by atoms with Gasteiger partial charge in [-0.1, -0.05) is 17.6 Å². The summed E-state index contributed by atoms with van der Waals surface area (Å²) >= 11 is 0. The summed E-state index contributed by atoms with van der Waals surface area (Å²) in [6.45, 7) is 5.74. The summed E-state index contributed by atoms with van der Waals surface area (Å²) in [4.78, 5) is 24.2. The number of amides is 1. The highest BCUT2D eigenvalue weighted by Crippen LogP contribution is 2.53. The first-order valence-electron chi connectivity index (χ1n) is 10.4. The van der Waals surface area contributed by atoms with E-state index < -0.39 is 16.4 Å². The van der Waals surface area contributed by atoms with Crippen molar-refractivity contribution < 1.29 is 29.0 Å². The van der Waals surface area contributed by atoms with Crippen LogP contribution in [-0.4, -0.2) is 43.3 Å². The summed E-state index contributed by atoms with van der Waals surface area (Å²) in [5, 5.41) is 10.9. The fraction of sp³-hybridized carbons (Fsp3) is 0.417. The van der Waals surface area contributed by atoms with Crippen molar-refractivity contribution in [3.8, 4) is 5.75 Å². The van der Waals surface area contributed by atoms with Crippen LogP contribution in [0.3, 0.4) is 0 Å². The van der Waals surface area contributed by atoms with Crippen LogP contribution in [0.2, 0.25) is 0 Å². The summed E-state index contributed by atoms with van der Waals surface area (Å²) in [5.74, 6) is 0.631. The number of fused-ring (bicyclic) bond motifs is 1. The number of hydrogen-bond donors (Lipinski definition) is 1. The lowest BCUT2D eigenvalue weighted by Gasteiger charge is -2.31. The Labute approximate surface area is 181 Å². The molecule has 2 aliphatic carbocycles. The summed E-state index contributed by atoms with van der Waals surface area (Å²) < 4.78 is 16.9. The van der Waals surface area contributed by atoms with E-state index in [9.17, 15) is 14.8 Å². The number of benzene rings is 1. The van der Waals surface area contributed by atoms with Crippen molar-refractivity contribution in [1.29, 1.82) is 0 Å². The van der Waals surface area contributed by atoms with Gasteiger partial charge in [0, 0.05) is 43.6 Å². The van der Waals surface area contributed by atoms with Gasteiger partial charge in [0.1, 0.15) is 23.5 Å². The van der Waals surface area contributed by atoms with Gasteiger partial charge in [-0.05, 0) is 30.2 Å². The average molecular weight is 426 g/mol. The van der Waals surface area contributed by atoms with Gasteiger partial charge in [-0.2, -0.15) is 0 Å². The summed E-state index contributed by atoms with van der Waals surface area (Å²) in [6, 6.07) is 5.16. The Hall–Kier alpha value is -2.74. The Morgan fingerprint density at radius 2 is 2.10 bits per heavy atom. The standard InChI is InChI=1S/C24H28NO6/c1-5-6-17-13-24(30-4)15(2)23(31-22(24)12-20(17)27)16-7-10-19(21(11-16)29-3)25(28,14-26)18-8-9-18/h5,7,10-15,18,23,28H,1,6,8-9H2,2-4H3/q+1. The van der Waals surface area contributed by atoms with Gasteiger partial charge in [0.05, 0.1) is 7.11 Å². The molecule has 4 rings (SSSR count). The quantitative estimate of drug-likeness (QED) is 0.224. The molecule has 1 heterocycles. The van der Waals surface area contributed by atoms with Crippen molar-refractivity contribution in [2.24, 2.45) is 5.92 Å². The van der Waals surface area contributed by atoms with Crippen molar-refractivity contribution >= 4 is 17.9 Å². The van der Waals surface area contributed by atoms with Crippen LogP contribution in [0.15, 0.2) is 54.3 Å². The summed E-state index contributed by atoms with van der Waals surface area (Å²) in [7, 11) is 3.11. The van der Waals surface area contributed by atoms with Gasteiger partial charge in [-0.25, -0.2) is 10.0 Å². The van der Waals surface area contributed by atoms with Crippen LogP contribution in [-0.2, 0) is 19.1 Å². The number of hydroxylamine groups is 2. The van der Waals surface area contributed by atoms with E-state index >= 15 is 0 Å². The first-order valence-corrected chi connectivity index (χ1v) is 10.4. The molecule has 0 spiro atoms. The van der Waals surface area contributed by atoms with Gasteiger partial charge in [0.25, 0.3) is 0 Å². The molecule has 3 aliphatic rings. The number of nitrogens with zero attached hydrogens (tertiary/aromatic N) is 1. The van der Waals surface area contributed by atoms with E-state index in [0.29, 0.717) is 35.6 Å². The number of hydrogen-bond acceptors (Lipinski definition) is 6. The molecule has 7 nitrogen and oxygen atoms in total. The van der Waals surface area contributed by atoms with Crippen LogP contribution in [0.5, 0.6) is 5.75 Å². The third kappa shape index (κ3) is 3.24. The average Bonchev–Trinajstić information content (AvgIpc) is 3.60. The van der Waals surface area contributed by atoms with E-state index in [1.54, 1.807) is 25.3 Å². The van der Waals surface area contributed by atoms with Crippen molar-refractivity contribution in [2.45, 2.75) is 43.9 Å². The molecule has 1 amide bonds. The zero-order chi connectivity index (χ0) is 22.4. The molecule has 1 aromatic rings. The zero-order valence-electron chi connectivity index (χ0n) is 18.0. The number of methoxy groups -OCH3 is 2. The van der Waals surface area contributed by atoms with E-state index in [1.165, 1.54) is 13.2 Å². The maximum atomic E-state index is 12.5. The number of allylic oxidation sites excluding steroid dienone is 3. The summed E-state index contributed by atoms with van der Waals surface area (Å²) in [5.41, 5.74) is 0.980. The fourth-order valence-corrected chi connectivity index (χ4v) is 4.66. The number of ether oxygens (including phenoxy) is 3. The van der Waals surface area contributed by atoms with Crippen molar-refractivity contribution in [3.63, 3.8) is 0 Å². The minimum absolute atomic E-state index is 0.110. The molecule has 1 N–H and O–H groups in total. The molecule has 0 radical (unpaired) electrons. The summed E-state index contributed by atoms with van der Waals surface area (Å²) in [6.07, 6.45) is 7.19. The third-order valence-electron chi connectivity index (χ3n) is 6.62. The maximum absolute atomic E-state index is 12.5. The van der Waals surface area contributed by atoms with Crippen molar-refractivity contribution in [1.82, 2.24) is 4.65 Å². The van der Waals surface area contributed by atoms with E-state index in [2.05, 4.69) is 6.58 Å². The van der Waals surface area contributed by atoms with Gasteiger partial charge in [0.2, 0.25) is 5.69 Å². The molecule has 4 atom stereocenters. The van der Waals surface area contributed by atoms with Crippen LogP contribution in [0.1, 0.15) is 37.9 Å². The molecule has 164 valence electrons. The highest BCUT2D eigenvalue weighted by Gasteiger charge is 2.54. The fourth-order valence-electron chi connectivity index (χ4n) is 4.66. The molecule has 4 unspecified atom stereocenters. The van der Waals surface area contributed by atoms with E-state index in [4.69, 9.17) is 14.2 Å². The lowest BCUT2D eigenvalue weighted by atomic mass is 9.78. The van der Waals surface area contributed by atoms with Gasteiger partial charge >= 0.3 is 6.41 Å². The molecular weight excluding hydrogens is 398 g/mol. The molecule has 31 heavy (non-hydrogen) atoms. The highest BCUT2D eigenvalue weighted by molar-refractivity contribution is 6.06. The molecule has 0 aromatic heterocycles. The van der Waals surface area contributed by atoms with Crippen LogP contribution >= 0.6 is 0 Å². The van der Waals surface area contributed by atoms with Crippen LogP contribution in [0.4, 0.5) is 5.69 Å². The zero-order valence-corrected chi connectivity index (χ0v) is 18.0. The lowest BCUT2D eigenvalue weighted by Crippen LogP contribution is -2.46. The highest BCUT2D eigenvalue weighted by atomic mass is 16.6. The Bertz CT molecular complexity index is 994. The molecule has 1 aliphatic heterocycles. The van der Waals surface area contributed by atoms with Crippen LogP contribution < -0.4 is 9.38 Å². The molecule has 1 saturated heterocycles. The number of quaternary nitrogens is 1. The molecule has 0 bridgehead atoms. The van der Waals surface area contributed by atoms with E-state index in [0.717, 1.165) is 18.4 Å². The second-order valence-electron chi connectivity index (χ2n) is 8.37. The minimum Gasteiger partial charge on any atom is -0.491 e. The predicted octanol–water partition coefficient (Wildman–Crippen LogP) is 3.77. The lowest BCUT2D eigenvalue weighted by molar-refractivity contribution is -0.148. The Kier molecular flexibility index (Phi) is 5.37. The predicted molar refractivity (Wildman–Crippen MR) is 114 cm³/mol. The Balaban J connectivity index is 1.73. The monoisotopic (exact) mass is 426 g/mol. The normalized spacial score (nSPS) is 29.2. The third-order valence-corrected chi connectivity index (χ3v) is 6.62. The number of carbonyl (C=O) groups excluding carboxylic acids is 2. The van der Waals surface area contributed by atoms with Crippen molar-refractivity contribution in [2.75, 3.05) is 14.2 Å². The molecule has 2 fully saturated rings. The second-order valence-corrected chi connectivity index (χ2v) is 8.37. The van der Waals surface area contributed by atoms with Crippen LogP contribution in [0, 0.1) is 5.92 Å². The van der Waals surface area contributed by atoms with Crippen LogP contribution in [0.25, 0.3) is 0 Å². The largest absolute Gasteiger partial charge is 0.491 e. The van der Waals surface area contributed by atoms with Gasteiger partial charge in [-0.3, -0.25) is 4.79 Å². The SMILES string of the molecule is C=CCC1=CC2(OC)C(=CC1=O)OC(c1ccc([N+](O)(C=O)C3CC3)c(OC)c1)C2C. The molecule has 7 heteroatoms. The van der Waals surface area contributed by atoms with E-state index in [1.807, 2.05) is 19.1 Å². The number of carbonyl (C=O) groups is 2. The maximum Gasteiger partial charge on any atom is 0.339 e. The topological polar surface area (TPSA) is 82.1 Å².